The summed E-state index contributed by atoms with van der Waals surface area (Å²) in [5.41, 5.74) is 5.25. The van der Waals surface area contributed by atoms with Gasteiger partial charge in [0.25, 0.3) is 5.91 Å². The van der Waals surface area contributed by atoms with Crippen LogP contribution in [0.4, 0.5) is 5.69 Å². The Hall–Kier alpha value is -4.46. The van der Waals surface area contributed by atoms with Gasteiger partial charge in [0.1, 0.15) is 0 Å². The lowest BCUT2D eigenvalue weighted by Gasteiger charge is -2.28. The van der Waals surface area contributed by atoms with Crippen molar-refractivity contribution in [2.24, 2.45) is 0 Å². The second-order valence-electron chi connectivity index (χ2n) is 8.48. The van der Waals surface area contributed by atoms with Crippen molar-refractivity contribution in [2.45, 2.75) is 13.5 Å². The van der Waals surface area contributed by atoms with Crippen LogP contribution in [0.2, 0.25) is 0 Å². The van der Waals surface area contributed by atoms with Gasteiger partial charge < -0.3 is 20.0 Å². The molecule has 1 aromatic heterocycles. The zero-order chi connectivity index (χ0) is 24.2. The van der Waals surface area contributed by atoms with Crippen LogP contribution in [0, 0.1) is 6.92 Å². The molecule has 5 rings (SSSR count). The normalized spacial score (nSPS) is 13.4. The number of nitrogens with zero attached hydrogens (tertiary/aromatic N) is 3. The molecular weight excluding hydrogens is 442 g/mol. The van der Waals surface area contributed by atoms with Crippen molar-refractivity contribution in [1.29, 1.82) is 0 Å². The van der Waals surface area contributed by atoms with Gasteiger partial charge >= 0.3 is 0 Å². The van der Waals surface area contributed by atoms with Crippen LogP contribution < -0.4 is 15.5 Å². The van der Waals surface area contributed by atoms with Gasteiger partial charge in [0, 0.05) is 42.0 Å². The molecule has 2 amide bonds. The number of rotatable bonds is 6. The molecule has 0 unspecified atom stereocenters. The lowest BCUT2D eigenvalue weighted by Crippen LogP contribution is -2.47. The Morgan fingerprint density at radius 2 is 1.74 bits per heavy atom. The molecule has 0 spiro atoms. The smallest absolute Gasteiger partial charge is 0.251 e. The first kappa shape index (κ1) is 22.3. The molecule has 0 aliphatic carbocycles. The quantitative estimate of drug-likeness (QED) is 0.450. The highest BCUT2D eigenvalue weighted by Crippen LogP contribution is 2.24. The van der Waals surface area contributed by atoms with Crippen molar-refractivity contribution in [3.63, 3.8) is 0 Å². The zero-order valence-electron chi connectivity index (χ0n) is 19.3. The van der Waals surface area contributed by atoms with Crippen LogP contribution in [0.3, 0.4) is 0 Å². The summed E-state index contributed by atoms with van der Waals surface area (Å²) in [5.74, 6) is 0.726. The van der Waals surface area contributed by atoms with Crippen LogP contribution in [0.25, 0.3) is 22.9 Å². The summed E-state index contributed by atoms with van der Waals surface area (Å²) in [5, 5.41) is 14.1. The molecule has 1 aliphatic heterocycles. The predicted octanol–water partition coefficient (Wildman–Crippen LogP) is 3.58. The van der Waals surface area contributed by atoms with E-state index in [1.807, 2.05) is 60.4 Å². The molecule has 0 atom stereocenters. The molecule has 176 valence electrons. The van der Waals surface area contributed by atoms with Gasteiger partial charge in [-0.1, -0.05) is 29.8 Å². The molecule has 8 heteroatoms. The second-order valence-corrected chi connectivity index (χ2v) is 8.48. The summed E-state index contributed by atoms with van der Waals surface area (Å²) in [6, 6.07) is 22.8. The van der Waals surface area contributed by atoms with Crippen LogP contribution in [0.5, 0.6) is 0 Å². The third-order valence-corrected chi connectivity index (χ3v) is 5.88. The molecule has 0 bridgehead atoms. The minimum atomic E-state index is -0.167. The molecule has 1 fully saturated rings. The number of benzene rings is 3. The van der Waals surface area contributed by atoms with Gasteiger partial charge in [-0.15, -0.1) is 10.2 Å². The Balaban J connectivity index is 1.18. The van der Waals surface area contributed by atoms with E-state index in [0.29, 0.717) is 37.0 Å². The van der Waals surface area contributed by atoms with E-state index in [9.17, 15) is 9.59 Å². The molecule has 3 aromatic carbocycles. The summed E-state index contributed by atoms with van der Waals surface area (Å²) in [7, 11) is 0. The average Bonchev–Trinajstić information content (AvgIpc) is 3.38. The second kappa shape index (κ2) is 9.80. The van der Waals surface area contributed by atoms with E-state index >= 15 is 0 Å². The fourth-order valence-corrected chi connectivity index (χ4v) is 3.97. The maximum absolute atomic E-state index is 12.6. The molecule has 0 saturated carbocycles. The van der Waals surface area contributed by atoms with Gasteiger partial charge in [-0.25, -0.2) is 0 Å². The molecular formula is C27H25N5O3. The monoisotopic (exact) mass is 467 g/mol. The number of hydrogen-bond donors (Lipinski definition) is 2. The SMILES string of the molecule is Cc1cccc(-c2nnc(-c3ccc(C(=O)NCc4ccc(N5CCNC(=O)C5)cc4)cc3)o2)c1. The molecule has 1 aliphatic rings. The summed E-state index contributed by atoms with van der Waals surface area (Å²) in [4.78, 5) is 26.2. The van der Waals surface area contributed by atoms with E-state index < -0.39 is 0 Å². The van der Waals surface area contributed by atoms with E-state index in [4.69, 9.17) is 4.42 Å². The van der Waals surface area contributed by atoms with Gasteiger partial charge in [0.2, 0.25) is 17.7 Å². The number of carbonyl (C=O) groups excluding carboxylic acids is 2. The number of amides is 2. The highest BCUT2D eigenvalue weighted by molar-refractivity contribution is 5.94. The number of anilines is 1. The standard InChI is InChI=1S/C27H25N5O3/c1-18-3-2-4-22(15-18)27-31-30-26(35-27)21-9-7-20(8-10-21)25(34)29-16-19-5-11-23(12-6-19)32-14-13-28-24(33)17-32/h2-12,15H,13-14,16-17H2,1H3,(H,28,33)(H,29,34). The van der Waals surface area contributed by atoms with Gasteiger partial charge in [-0.3, -0.25) is 9.59 Å². The topological polar surface area (TPSA) is 100 Å². The number of nitrogens with one attached hydrogen (secondary N) is 2. The average molecular weight is 468 g/mol. The Labute approximate surface area is 203 Å². The molecule has 1 saturated heterocycles. The first-order chi connectivity index (χ1) is 17.0. The Bertz CT molecular complexity index is 1350. The number of aromatic nitrogens is 2. The van der Waals surface area contributed by atoms with E-state index in [1.54, 1.807) is 24.3 Å². The van der Waals surface area contributed by atoms with E-state index in [2.05, 4.69) is 20.8 Å². The third kappa shape index (κ3) is 5.22. The van der Waals surface area contributed by atoms with Crippen molar-refractivity contribution >= 4 is 17.5 Å². The van der Waals surface area contributed by atoms with Crippen molar-refractivity contribution in [2.75, 3.05) is 24.5 Å². The lowest BCUT2D eigenvalue weighted by atomic mass is 10.1. The Kier molecular flexibility index (Phi) is 6.26. The molecule has 8 nitrogen and oxygen atoms in total. The highest BCUT2D eigenvalue weighted by Gasteiger charge is 2.16. The van der Waals surface area contributed by atoms with Crippen LogP contribution >= 0.6 is 0 Å². The van der Waals surface area contributed by atoms with E-state index in [0.717, 1.165) is 34.5 Å². The van der Waals surface area contributed by atoms with Crippen LogP contribution in [0.1, 0.15) is 21.5 Å². The highest BCUT2D eigenvalue weighted by atomic mass is 16.4. The maximum Gasteiger partial charge on any atom is 0.251 e. The molecule has 4 aromatic rings. The van der Waals surface area contributed by atoms with Gasteiger partial charge in [0.05, 0.1) is 6.54 Å². The first-order valence-electron chi connectivity index (χ1n) is 11.4. The fourth-order valence-electron chi connectivity index (χ4n) is 3.97. The number of piperazine rings is 1. The van der Waals surface area contributed by atoms with Crippen LogP contribution in [0.15, 0.2) is 77.2 Å². The number of aryl methyl sites for hydroxylation is 1. The fraction of sp³-hybridized carbons (Fsp3) is 0.185. The number of carbonyl (C=O) groups is 2. The lowest BCUT2D eigenvalue weighted by molar-refractivity contribution is -0.120. The van der Waals surface area contributed by atoms with E-state index in [-0.39, 0.29) is 11.8 Å². The summed E-state index contributed by atoms with van der Waals surface area (Å²) >= 11 is 0. The van der Waals surface area contributed by atoms with Gasteiger partial charge in [-0.2, -0.15) is 0 Å². The third-order valence-electron chi connectivity index (χ3n) is 5.88. The minimum absolute atomic E-state index is 0.0319. The van der Waals surface area contributed by atoms with Crippen molar-refractivity contribution in [3.05, 3.63) is 89.5 Å². The molecule has 0 radical (unpaired) electrons. The van der Waals surface area contributed by atoms with Crippen molar-refractivity contribution in [3.8, 4) is 22.9 Å². The van der Waals surface area contributed by atoms with E-state index in [1.165, 1.54) is 0 Å². The van der Waals surface area contributed by atoms with Gasteiger partial charge in [-0.05, 0) is 61.0 Å². The maximum atomic E-state index is 12.6. The van der Waals surface area contributed by atoms with Crippen LogP contribution in [-0.2, 0) is 11.3 Å². The minimum Gasteiger partial charge on any atom is -0.416 e. The largest absolute Gasteiger partial charge is 0.416 e. The first-order valence-corrected chi connectivity index (χ1v) is 11.4. The Morgan fingerprint density at radius 1 is 1.00 bits per heavy atom. The summed E-state index contributed by atoms with van der Waals surface area (Å²) < 4.78 is 5.83. The summed E-state index contributed by atoms with van der Waals surface area (Å²) in [6.07, 6.45) is 0. The van der Waals surface area contributed by atoms with Gasteiger partial charge in [0.15, 0.2) is 0 Å². The number of hydrogen-bond acceptors (Lipinski definition) is 6. The van der Waals surface area contributed by atoms with Crippen molar-refractivity contribution in [1.82, 2.24) is 20.8 Å². The Morgan fingerprint density at radius 3 is 2.46 bits per heavy atom. The zero-order valence-corrected chi connectivity index (χ0v) is 19.3. The summed E-state index contributed by atoms with van der Waals surface area (Å²) in [6.45, 7) is 4.22. The predicted molar refractivity (Wildman–Crippen MR) is 133 cm³/mol. The molecule has 2 N–H and O–H groups in total. The van der Waals surface area contributed by atoms with Crippen LogP contribution in [-0.4, -0.2) is 41.6 Å². The molecule has 35 heavy (non-hydrogen) atoms. The van der Waals surface area contributed by atoms with Crippen molar-refractivity contribution < 1.29 is 14.0 Å². The molecule has 2 heterocycles.